The fourth-order valence-electron chi connectivity index (χ4n) is 2.43. The Morgan fingerprint density at radius 2 is 1.89 bits per heavy atom. The summed E-state index contributed by atoms with van der Waals surface area (Å²) in [7, 11) is 0. The van der Waals surface area contributed by atoms with E-state index in [1.54, 1.807) is 17.5 Å². The summed E-state index contributed by atoms with van der Waals surface area (Å²) in [6.07, 6.45) is 0.690. The van der Waals surface area contributed by atoms with Crippen molar-refractivity contribution in [2.75, 3.05) is 10.6 Å². The zero-order chi connectivity index (χ0) is 20.1. The molecule has 0 aliphatic carbocycles. The second-order valence-corrected chi connectivity index (χ2v) is 7.41. The molecule has 0 aliphatic heterocycles. The Labute approximate surface area is 170 Å². The van der Waals surface area contributed by atoms with Crippen LogP contribution in [0.2, 0.25) is 5.02 Å². The van der Waals surface area contributed by atoms with Gasteiger partial charge in [0.25, 0.3) is 5.91 Å². The van der Waals surface area contributed by atoms with E-state index in [9.17, 15) is 14.0 Å². The van der Waals surface area contributed by atoms with Crippen LogP contribution in [0, 0.1) is 12.7 Å². The molecule has 3 rings (SSSR count). The molecule has 2 aromatic carbocycles. The summed E-state index contributed by atoms with van der Waals surface area (Å²) >= 11 is 7.23. The van der Waals surface area contributed by atoms with Crippen LogP contribution in [-0.4, -0.2) is 16.8 Å². The van der Waals surface area contributed by atoms with Crippen LogP contribution in [0.3, 0.4) is 0 Å². The number of aryl methyl sites for hydroxylation is 2. The normalized spacial score (nSPS) is 10.5. The first-order chi connectivity index (χ1) is 13.4. The van der Waals surface area contributed by atoms with Gasteiger partial charge in [0.05, 0.1) is 5.69 Å². The number of thiazole rings is 1. The van der Waals surface area contributed by atoms with E-state index in [-0.39, 0.29) is 18.2 Å². The summed E-state index contributed by atoms with van der Waals surface area (Å²) in [5, 5.41) is 8.28. The highest BCUT2D eigenvalue weighted by Crippen LogP contribution is 2.21. The lowest BCUT2D eigenvalue weighted by Crippen LogP contribution is -2.13. The van der Waals surface area contributed by atoms with Crippen LogP contribution in [0.5, 0.6) is 0 Å². The molecule has 1 aromatic heterocycles. The molecular formula is C20H17ClFN3O2S. The summed E-state index contributed by atoms with van der Waals surface area (Å²) in [5.41, 5.74) is 2.66. The lowest BCUT2D eigenvalue weighted by atomic mass is 10.2. The molecule has 144 valence electrons. The van der Waals surface area contributed by atoms with Gasteiger partial charge in [-0.05, 0) is 55.3 Å². The second-order valence-electron chi connectivity index (χ2n) is 6.11. The average Bonchev–Trinajstić information content (AvgIpc) is 3.11. The fraction of sp³-hybridized carbons (Fsp3) is 0.150. The molecule has 0 unspecified atom stereocenters. The molecule has 0 saturated carbocycles. The number of hydrogen-bond acceptors (Lipinski definition) is 4. The topological polar surface area (TPSA) is 71.1 Å². The minimum atomic E-state index is -0.403. The maximum atomic E-state index is 12.9. The van der Waals surface area contributed by atoms with E-state index in [2.05, 4.69) is 15.6 Å². The SMILES string of the molecule is Cc1ccc(Cl)cc1NC(=O)CCc1csc(NC(=O)c2ccc(F)cc2)n1. The van der Waals surface area contributed by atoms with Crippen molar-refractivity contribution in [3.63, 3.8) is 0 Å². The largest absolute Gasteiger partial charge is 0.326 e. The molecular weight excluding hydrogens is 401 g/mol. The zero-order valence-electron chi connectivity index (χ0n) is 15.0. The van der Waals surface area contributed by atoms with Gasteiger partial charge in [0, 0.05) is 28.1 Å². The number of aromatic nitrogens is 1. The van der Waals surface area contributed by atoms with Crippen LogP contribution in [0.4, 0.5) is 15.2 Å². The molecule has 2 amide bonds. The van der Waals surface area contributed by atoms with Gasteiger partial charge in [-0.2, -0.15) is 0 Å². The predicted molar refractivity (Wildman–Crippen MR) is 110 cm³/mol. The average molecular weight is 418 g/mol. The van der Waals surface area contributed by atoms with E-state index in [4.69, 9.17) is 11.6 Å². The van der Waals surface area contributed by atoms with Crippen molar-refractivity contribution < 1.29 is 14.0 Å². The Balaban J connectivity index is 1.53. The number of hydrogen-bond donors (Lipinski definition) is 2. The Morgan fingerprint density at radius 3 is 2.64 bits per heavy atom. The molecule has 1 heterocycles. The van der Waals surface area contributed by atoms with Gasteiger partial charge >= 0.3 is 0 Å². The number of anilines is 2. The van der Waals surface area contributed by atoms with Crippen LogP contribution in [0.15, 0.2) is 47.8 Å². The van der Waals surface area contributed by atoms with Crippen LogP contribution in [-0.2, 0) is 11.2 Å². The van der Waals surface area contributed by atoms with Gasteiger partial charge in [-0.25, -0.2) is 9.37 Å². The Hall–Kier alpha value is -2.77. The van der Waals surface area contributed by atoms with Crippen molar-refractivity contribution in [2.24, 2.45) is 0 Å². The van der Waals surface area contributed by atoms with Gasteiger partial charge in [0.1, 0.15) is 5.82 Å². The minimum absolute atomic E-state index is 0.143. The molecule has 0 fully saturated rings. The Morgan fingerprint density at radius 1 is 1.14 bits per heavy atom. The summed E-state index contributed by atoms with van der Waals surface area (Å²) in [4.78, 5) is 28.6. The molecule has 3 aromatic rings. The van der Waals surface area contributed by atoms with Crippen LogP contribution < -0.4 is 10.6 Å². The molecule has 28 heavy (non-hydrogen) atoms. The third kappa shape index (κ3) is 5.37. The molecule has 0 saturated heterocycles. The highest BCUT2D eigenvalue weighted by Gasteiger charge is 2.11. The molecule has 0 spiro atoms. The van der Waals surface area contributed by atoms with Gasteiger partial charge in [-0.15, -0.1) is 11.3 Å². The van der Waals surface area contributed by atoms with Gasteiger partial charge in [0.15, 0.2) is 5.13 Å². The number of nitrogens with one attached hydrogen (secondary N) is 2. The zero-order valence-corrected chi connectivity index (χ0v) is 16.5. The number of rotatable bonds is 6. The summed E-state index contributed by atoms with van der Waals surface area (Å²) in [6.45, 7) is 1.89. The standard InChI is InChI=1S/C20H17ClFN3O2S/c1-12-2-5-14(21)10-17(12)24-18(26)9-8-16-11-28-20(23-16)25-19(27)13-3-6-15(22)7-4-13/h2-7,10-11H,8-9H2,1H3,(H,24,26)(H,23,25,27). The van der Waals surface area contributed by atoms with Crippen LogP contribution in [0.25, 0.3) is 0 Å². The van der Waals surface area contributed by atoms with Crippen molar-refractivity contribution in [3.8, 4) is 0 Å². The van der Waals surface area contributed by atoms with E-state index < -0.39 is 5.82 Å². The highest BCUT2D eigenvalue weighted by molar-refractivity contribution is 7.14. The number of benzene rings is 2. The van der Waals surface area contributed by atoms with Crippen molar-refractivity contribution in [3.05, 3.63) is 75.5 Å². The molecule has 0 bridgehead atoms. The number of nitrogens with zero attached hydrogens (tertiary/aromatic N) is 1. The van der Waals surface area contributed by atoms with Gasteiger partial charge in [-0.3, -0.25) is 14.9 Å². The smallest absolute Gasteiger partial charge is 0.257 e. The molecule has 0 radical (unpaired) electrons. The quantitative estimate of drug-likeness (QED) is 0.588. The Bertz CT molecular complexity index is 1000. The van der Waals surface area contributed by atoms with E-state index >= 15 is 0 Å². The van der Waals surface area contributed by atoms with Gasteiger partial charge in [-0.1, -0.05) is 17.7 Å². The number of amides is 2. The lowest BCUT2D eigenvalue weighted by molar-refractivity contribution is -0.116. The first-order valence-electron chi connectivity index (χ1n) is 8.48. The van der Waals surface area contributed by atoms with Crippen molar-refractivity contribution in [1.29, 1.82) is 0 Å². The lowest BCUT2D eigenvalue weighted by Gasteiger charge is -2.08. The van der Waals surface area contributed by atoms with Crippen LogP contribution in [0.1, 0.15) is 28.0 Å². The molecule has 5 nitrogen and oxygen atoms in total. The summed E-state index contributed by atoms with van der Waals surface area (Å²) in [6, 6.07) is 10.6. The van der Waals surface area contributed by atoms with E-state index in [0.29, 0.717) is 33.5 Å². The van der Waals surface area contributed by atoms with Gasteiger partial charge < -0.3 is 5.32 Å². The Kier molecular flexibility index (Phi) is 6.38. The monoisotopic (exact) mass is 417 g/mol. The van der Waals surface area contributed by atoms with E-state index in [0.717, 1.165) is 5.56 Å². The molecule has 2 N–H and O–H groups in total. The first kappa shape index (κ1) is 20.0. The third-order valence-electron chi connectivity index (χ3n) is 3.96. The van der Waals surface area contributed by atoms with Gasteiger partial charge in [0.2, 0.25) is 5.91 Å². The maximum absolute atomic E-state index is 12.9. The van der Waals surface area contributed by atoms with Crippen molar-refractivity contribution in [1.82, 2.24) is 4.98 Å². The number of carbonyl (C=O) groups excluding carboxylic acids is 2. The highest BCUT2D eigenvalue weighted by atomic mass is 35.5. The van der Waals surface area contributed by atoms with Crippen LogP contribution >= 0.6 is 22.9 Å². The third-order valence-corrected chi connectivity index (χ3v) is 5.00. The number of carbonyl (C=O) groups is 2. The van der Waals surface area contributed by atoms with E-state index in [1.165, 1.54) is 35.6 Å². The maximum Gasteiger partial charge on any atom is 0.257 e. The molecule has 0 aliphatic rings. The minimum Gasteiger partial charge on any atom is -0.326 e. The second kappa shape index (κ2) is 8.95. The van der Waals surface area contributed by atoms with Crippen molar-refractivity contribution >= 4 is 45.6 Å². The summed E-state index contributed by atoms with van der Waals surface area (Å²) < 4.78 is 12.9. The molecule has 0 atom stereocenters. The van der Waals surface area contributed by atoms with E-state index in [1.807, 2.05) is 13.0 Å². The summed E-state index contributed by atoms with van der Waals surface area (Å²) in [5.74, 6) is -0.912. The van der Waals surface area contributed by atoms with Crippen molar-refractivity contribution in [2.45, 2.75) is 19.8 Å². The predicted octanol–water partition coefficient (Wildman–Crippen LogP) is 5.07. The first-order valence-corrected chi connectivity index (χ1v) is 9.74. The molecule has 8 heteroatoms. The number of halogens is 2. The fourth-order valence-corrected chi connectivity index (χ4v) is 3.34.